The molecule has 0 aliphatic heterocycles. The highest BCUT2D eigenvalue weighted by atomic mass is 16.6. The highest BCUT2D eigenvalue weighted by Gasteiger charge is 2.20. The quantitative estimate of drug-likeness (QED) is 0.838. The Morgan fingerprint density at radius 2 is 1.65 bits per heavy atom. The molecule has 0 aromatic heterocycles. The van der Waals surface area contributed by atoms with Crippen molar-refractivity contribution in [2.45, 2.75) is 26.4 Å². The van der Waals surface area contributed by atoms with Crippen molar-refractivity contribution in [1.29, 1.82) is 0 Å². The SMILES string of the molecule is CC(C)(C)OC(=O)c1ccc(-c2ccccc2)cc1O. The summed E-state index contributed by atoms with van der Waals surface area (Å²) < 4.78 is 5.25. The Kier molecular flexibility index (Phi) is 3.79. The summed E-state index contributed by atoms with van der Waals surface area (Å²) in [6, 6.07) is 14.6. The Morgan fingerprint density at radius 3 is 2.20 bits per heavy atom. The Labute approximate surface area is 118 Å². The minimum Gasteiger partial charge on any atom is -0.507 e. The number of hydrogen-bond donors (Lipinski definition) is 1. The second-order valence-corrected chi connectivity index (χ2v) is 5.60. The van der Waals surface area contributed by atoms with Gasteiger partial charge in [-0.2, -0.15) is 0 Å². The minimum atomic E-state index is -0.582. The van der Waals surface area contributed by atoms with Gasteiger partial charge in [-0.25, -0.2) is 4.79 Å². The van der Waals surface area contributed by atoms with E-state index in [0.29, 0.717) is 0 Å². The van der Waals surface area contributed by atoms with E-state index in [1.807, 2.05) is 30.3 Å². The van der Waals surface area contributed by atoms with Crippen LogP contribution in [0.5, 0.6) is 5.75 Å². The van der Waals surface area contributed by atoms with E-state index in [1.54, 1.807) is 39.0 Å². The third-order valence-corrected chi connectivity index (χ3v) is 2.72. The molecule has 3 heteroatoms. The number of aromatic hydroxyl groups is 1. The van der Waals surface area contributed by atoms with Gasteiger partial charge in [0.15, 0.2) is 0 Å². The summed E-state index contributed by atoms with van der Waals surface area (Å²) >= 11 is 0. The maximum absolute atomic E-state index is 11.9. The number of carbonyl (C=O) groups excluding carboxylic acids is 1. The molecule has 0 amide bonds. The second kappa shape index (κ2) is 5.37. The number of ether oxygens (including phenoxy) is 1. The molecule has 0 saturated carbocycles. The predicted octanol–water partition coefficient (Wildman–Crippen LogP) is 4.01. The van der Waals surface area contributed by atoms with E-state index in [1.165, 1.54) is 0 Å². The van der Waals surface area contributed by atoms with Crippen LogP contribution in [0.25, 0.3) is 11.1 Å². The number of benzene rings is 2. The second-order valence-electron chi connectivity index (χ2n) is 5.60. The molecule has 0 fully saturated rings. The van der Waals surface area contributed by atoms with Gasteiger partial charge in [0.2, 0.25) is 0 Å². The first-order valence-corrected chi connectivity index (χ1v) is 6.48. The summed E-state index contributed by atoms with van der Waals surface area (Å²) in [5.74, 6) is -0.588. The van der Waals surface area contributed by atoms with Gasteiger partial charge < -0.3 is 9.84 Å². The van der Waals surface area contributed by atoms with Crippen LogP contribution in [0.1, 0.15) is 31.1 Å². The largest absolute Gasteiger partial charge is 0.507 e. The summed E-state index contributed by atoms with van der Waals surface area (Å²) in [4.78, 5) is 11.9. The number of esters is 1. The normalized spacial score (nSPS) is 11.2. The maximum atomic E-state index is 11.9. The minimum absolute atomic E-state index is 0.0689. The van der Waals surface area contributed by atoms with Crippen molar-refractivity contribution in [3.05, 3.63) is 54.1 Å². The third-order valence-electron chi connectivity index (χ3n) is 2.72. The average molecular weight is 270 g/mol. The molecule has 2 rings (SSSR count). The van der Waals surface area contributed by atoms with Crippen LogP contribution >= 0.6 is 0 Å². The Morgan fingerprint density at radius 1 is 1.00 bits per heavy atom. The Hall–Kier alpha value is -2.29. The van der Waals surface area contributed by atoms with Crippen molar-refractivity contribution in [1.82, 2.24) is 0 Å². The molecular formula is C17H18O3. The summed E-state index contributed by atoms with van der Waals surface area (Å²) in [5.41, 5.74) is 1.44. The van der Waals surface area contributed by atoms with Crippen molar-refractivity contribution in [2.75, 3.05) is 0 Å². The lowest BCUT2D eigenvalue weighted by molar-refractivity contribution is 0.00669. The lowest BCUT2D eigenvalue weighted by Gasteiger charge is -2.19. The summed E-state index contributed by atoms with van der Waals surface area (Å²) in [5, 5.41) is 10.0. The fraction of sp³-hybridized carbons (Fsp3) is 0.235. The van der Waals surface area contributed by atoms with E-state index in [2.05, 4.69) is 0 Å². The van der Waals surface area contributed by atoms with Gasteiger partial charge in [-0.05, 0) is 44.0 Å². The van der Waals surface area contributed by atoms with Crippen molar-refractivity contribution >= 4 is 5.97 Å². The van der Waals surface area contributed by atoms with Crippen LogP contribution in [0.4, 0.5) is 0 Å². The van der Waals surface area contributed by atoms with E-state index in [9.17, 15) is 9.90 Å². The zero-order valence-corrected chi connectivity index (χ0v) is 11.9. The van der Waals surface area contributed by atoms with E-state index in [4.69, 9.17) is 4.74 Å². The first kappa shape index (κ1) is 14.1. The Balaban J connectivity index is 2.29. The summed E-state index contributed by atoms with van der Waals surface area (Å²) in [7, 11) is 0. The van der Waals surface area contributed by atoms with Gasteiger partial charge in [0.1, 0.15) is 16.9 Å². The molecular weight excluding hydrogens is 252 g/mol. The van der Waals surface area contributed by atoms with E-state index < -0.39 is 11.6 Å². The standard InChI is InChI=1S/C17H18O3/c1-17(2,3)20-16(19)14-10-9-13(11-15(14)18)12-7-5-4-6-8-12/h4-11,18H,1-3H3. The van der Waals surface area contributed by atoms with Crippen LogP contribution in [-0.2, 0) is 4.74 Å². The summed E-state index contributed by atoms with van der Waals surface area (Å²) in [6.07, 6.45) is 0. The topological polar surface area (TPSA) is 46.5 Å². The van der Waals surface area contributed by atoms with Crippen LogP contribution in [0.2, 0.25) is 0 Å². The first-order valence-electron chi connectivity index (χ1n) is 6.48. The van der Waals surface area contributed by atoms with Crippen LogP contribution in [0.3, 0.4) is 0 Å². The highest BCUT2D eigenvalue weighted by molar-refractivity contribution is 5.93. The average Bonchev–Trinajstić information content (AvgIpc) is 2.37. The fourth-order valence-corrected chi connectivity index (χ4v) is 1.85. The molecule has 3 nitrogen and oxygen atoms in total. The van der Waals surface area contributed by atoms with Crippen LogP contribution in [0, 0.1) is 0 Å². The monoisotopic (exact) mass is 270 g/mol. The molecule has 0 heterocycles. The number of phenols is 1. The number of hydrogen-bond acceptors (Lipinski definition) is 3. The lowest BCUT2D eigenvalue weighted by atomic mass is 10.0. The van der Waals surface area contributed by atoms with Gasteiger partial charge in [0.25, 0.3) is 0 Å². The highest BCUT2D eigenvalue weighted by Crippen LogP contribution is 2.27. The number of carbonyl (C=O) groups is 1. The van der Waals surface area contributed by atoms with Gasteiger partial charge in [-0.15, -0.1) is 0 Å². The molecule has 2 aromatic carbocycles. The summed E-state index contributed by atoms with van der Waals surface area (Å²) in [6.45, 7) is 5.38. The van der Waals surface area contributed by atoms with Gasteiger partial charge >= 0.3 is 5.97 Å². The number of phenolic OH excluding ortho intramolecular Hbond substituents is 1. The molecule has 20 heavy (non-hydrogen) atoms. The molecule has 0 radical (unpaired) electrons. The van der Waals surface area contributed by atoms with Crippen molar-refractivity contribution in [3.8, 4) is 16.9 Å². The maximum Gasteiger partial charge on any atom is 0.342 e. The predicted molar refractivity (Wildman–Crippen MR) is 78.7 cm³/mol. The van der Waals surface area contributed by atoms with E-state index in [-0.39, 0.29) is 11.3 Å². The molecule has 0 unspecified atom stereocenters. The molecule has 0 bridgehead atoms. The molecule has 1 N–H and O–H groups in total. The molecule has 0 aliphatic rings. The first-order chi connectivity index (χ1) is 9.37. The number of rotatable bonds is 2. The molecule has 0 aliphatic carbocycles. The smallest absolute Gasteiger partial charge is 0.342 e. The zero-order chi connectivity index (χ0) is 14.8. The van der Waals surface area contributed by atoms with E-state index in [0.717, 1.165) is 11.1 Å². The molecule has 0 atom stereocenters. The lowest BCUT2D eigenvalue weighted by Crippen LogP contribution is -2.23. The zero-order valence-electron chi connectivity index (χ0n) is 11.9. The third kappa shape index (κ3) is 3.38. The van der Waals surface area contributed by atoms with E-state index >= 15 is 0 Å². The molecule has 0 spiro atoms. The molecule has 2 aromatic rings. The van der Waals surface area contributed by atoms with Crippen LogP contribution in [-0.4, -0.2) is 16.7 Å². The van der Waals surface area contributed by atoms with Crippen molar-refractivity contribution < 1.29 is 14.6 Å². The van der Waals surface area contributed by atoms with Gasteiger partial charge in [-0.3, -0.25) is 0 Å². The fourth-order valence-electron chi connectivity index (χ4n) is 1.85. The Bertz CT molecular complexity index is 610. The van der Waals surface area contributed by atoms with Gasteiger partial charge in [0, 0.05) is 0 Å². The van der Waals surface area contributed by atoms with Crippen molar-refractivity contribution in [3.63, 3.8) is 0 Å². The van der Waals surface area contributed by atoms with Crippen LogP contribution < -0.4 is 0 Å². The molecule has 104 valence electrons. The molecule has 0 saturated heterocycles. The van der Waals surface area contributed by atoms with Crippen molar-refractivity contribution in [2.24, 2.45) is 0 Å². The van der Waals surface area contributed by atoms with Crippen LogP contribution in [0.15, 0.2) is 48.5 Å². The van der Waals surface area contributed by atoms with Gasteiger partial charge in [0.05, 0.1) is 0 Å². The van der Waals surface area contributed by atoms with Gasteiger partial charge in [-0.1, -0.05) is 36.4 Å².